The highest BCUT2D eigenvalue weighted by atomic mass is 35.5. The van der Waals surface area contributed by atoms with Crippen LogP contribution in [0, 0.1) is 0 Å². The average molecular weight is 521 g/mol. The molecule has 1 amide bonds. The number of rotatable bonds is 7. The Morgan fingerprint density at radius 2 is 1.91 bits per heavy atom. The van der Waals surface area contributed by atoms with Gasteiger partial charge < -0.3 is 15.7 Å². The van der Waals surface area contributed by atoms with E-state index in [9.17, 15) is 27.9 Å². The topological polar surface area (TPSA) is 104 Å². The van der Waals surface area contributed by atoms with Crippen LogP contribution in [0.3, 0.4) is 0 Å². The number of carboxylic acids is 1. The van der Waals surface area contributed by atoms with Gasteiger partial charge in [0, 0.05) is 22.5 Å². The Morgan fingerprint density at radius 1 is 1.11 bits per heavy atom. The summed E-state index contributed by atoms with van der Waals surface area (Å²) < 4.78 is 39.5. The van der Waals surface area contributed by atoms with Crippen molar-refractivity contribution < 1.29 is 27.9 Å². The molecular formula is C23H16ClF3N4O3S. The van der Waals surface area contributed by atoms with E-state index in [4.69, 9.17) is 11.6 Å². The molecule has 35 heavy (non-hydrogen) atoms. The smallest absolute Gasteiger partial charge is 0.417 e. The minimum Gasteiger partial charge on any atom is -0.478 e. The Hall–Kier alpha value is -3.70. The second kappa shape index (κ2) is 9.88. The van der Waals surface area contributed by atoms with E-state index in [0.717, 1.165) is 23.3 Å². The predicted molar refractivity (Wildman–Crippen MR) is 127 cm³/mol. The summed E-state index contributed by atoms with van der Waals surface area (Å²) in [5.74, 6) is -1.41. The minimum atomic E-state index is -4.61. The normalized spacial score (nSPS) is 11.4. The van der Waals surface area contributed by atoms with E-state index in [0.29, 0.717) is 0 Å². The number of carbonyl (C=O) groups excluding carboxylic acids is 1. The zero-order chi connectivity index (χ0) is 25.2. The van der Waals surface area contributed by atoms with Crippen molar-refractivity contribution in [2.75, 3.05) is 10.6 Å². The molecule has 0 spiro atoms. The number of anilines is 2. The van der Waals surface area contributed by atoms with Crippen LogP contribution in [0.2, 0.25) is 5.02 Å². The lowest BCUT2D eigenvalue weighted by Crippen LogP contribution is -2.15. The van der Waals surface area contributed by atoms with Crippen LogP contribution in [-0.4, -0.2) is 27.0 Å². The van der Waals surface area contributed by atoms with Gasteiger partial charge in [0.15, 0.2) is 0 Å². The van der Waals surface area contributed by atoms with Gasteiger partial charge in [-0.05, 0) is 41.3 Å². The SMILES string of the molecule is O=C(Cc1cccs1)Nc1cc(C(=O)O)c2ncnc(NCc3ccc(Cl)c(C(F)(F)F)c3)c2c1. The number of aromatic carboxylic acids is 1. The third-order valence-electron chi connectivity index (χ3n) is 4.96. The van der Waals surface area contributed by atoms with Crippen molar-refractivity contribution in [2.24, 2.45) is 0 Å². The molecule has 12 heteroatoms. The van der Waals surface area contributed by atoms with Crippen LogP contribution in [0.1, 0.15) is 26.4 Å². The van der Waals surface area contributed by atoms with E-state index in [1.807, 2.05) is 17.5 Å². The number of thiophene rings is 1. The number of carboxylic acid groups (broad SMARTS) is 1. The van der Waals surface area contributed by atoms with E-state index in [1.165, 1.54) is 29.5 Å². The largest absolute Gasteiger partial charge is 0.478 e. The summed E-state index contributed by atoms with van der Waals surface area (Å²) in [7, 11) is 0. The van der Waals surface area contributed by atoms with Gasteiger partial charge in [0.2, 0.25) is 5.91 Å². The molecule has 2 heterocycles. The number of fused-ring (bicyclic) bond motifs is 1. The van der Waals surface area contributed by atoms with Crippen molar-refractivity contribution in [3.63, 3.8) is 0 Å². The summed E-state index contributed by atoms with van der Waals surface area (Å²) in [6.45, 7) is -0.0519. The summed E-state index contributed by atoms with van der Waals surface area (Å²) in [4.78, 5) is 33.3. The molecule has 0 fully saturated rings. The molecular weight excluding hydrogens is 505 g/mol. The second-order valence-electron chi connectivity index (χ2n) is 7.42. The summed E-state index contributed by atoms with van der Waals surface area (Å²) in [5.41, 5.74) is -0.508. The Bertz CT molecular complexity index is 1410. The zero-order valence-corrected chi connectivity index (χ0v) is 19.3. The molecule has 0 aliphatic carbocycles. The quantitative estimate of drug-likeness (QED) is 0.282. The minimum absolute atomic E-state index is 0.0519. The first-order valence-corrected chi connectivity index (χ1v) is 11.3. The molecule has 0 aliphatic heterocycles. The van der Waals surface area contributed by atoms with Gasteiger partial charge in [-0.2, -0.15) is 13.2 Å². The molecule has 3 N–H and O–H groups in total. The van der Waals surface area contributed by atoms with E-state index >= 15 is 0 Å². The van der Waals surface area contributed by atoms with Gasteiger partial charge in [-0.25, -0.2) is 14.8 Å². The number of nitrogens with one attached hydrogen (secondary N) is 2. The second-order valence-corrected chi connectivity index (χ2v) is 8.86. The number of hydrogen-bond acceptors (Lipinski definition) is 6. The van der Waals surface area contributed by atoms with Crippen molar-refractivity contribution in [2.45, 2.75) is 19.1 Å². The van der Waals surface area contributed by atoms with Crippen LogP contribution in [-0.2, 0) is 23.9 Å². The first-order valence-electron chi connectivity index (χ1n) is 10.1. The molecule has 0 saturated heterocycles. The number of carbonyl (C=O) groups is 2. The van der Waals surface area contributed by atoms with Crippen molar-refractivity contribution in [3.05, 3.63) is 80.8 Å². The third kappa shape index (κ3) is 5.69. The fraction of sp³-hybridized carbons (Fsp3) is 0.130. The lowest BCUT2D eigenvalue weighted by atomic mass is 10.1. The Morgan fingerprint density at radius 3 is 2.60 bits per heavy atom. The molecule has 0 saturated carbocycles. The number of hydrogen-bond donors (Lipinski definition) is 3. The fourth-order valence-electron chi connectivity index (χ4n) is 3.41. The Balaban J connectivity index is 1.64. The Labute approximate surface area is 205 Å². The van der Waals surface area contributed by atoms with Gasteiger partial charge in [0.1, 0.15) is 12.1 Å². The van der Waals surface area contributed by atoms with Crippen molar-refractivity contribution in [1.82, 2.24) is 9.97 Å². The molecule has 180 valence electrons. The molecule has 7 nitrogen and oxygen atoms in total. The monoisotopic (exact) mass is 520 g/mol. The summed E-state index contributed by atoms with van der Waals surface area (Å²) in [6.07, 6.45) is -3.34. The average Bonchev–Trinajstić information content (AvgIpc) is 3.30. The summed E-state index contributed by atoms with van der Waals surface area (Å²) >= 11 is 7.10. The van der Waals surface area contributed by atoms with Gasteiger partial charge in [-0.1, -0.05) is 23.7 Å². The standard InChI is InChI=1S/C23H16ClF3N4O3S/c24-18-4-3-12(6-17(18)23(25,26)27)10-28-21-15-7-13(31-19(32)9-14-2-1-5-35-14)8-16(22(33)34)20(15)29-11-30-21/h1-8,11H,9-10H2,(H,31,32)(H,33,34)(H,28,29,30). The number of aromatic nitrogens is 2. The lowest BCUT2D eigenvalue weighted by molar-refractivity contribution is -0.137. The van der Waals surface area contributed by atoms with Crippen LogP contribution in [0.5, 0.6) is 0 Å². The number of nitrogens with zero attached hydrogens (tertiary/aromatic N) is 2. The van der Waals surface area contributed by atoms with Crippen molar-refractivity contribution >= 4 is 57.2 Å². The summed E-state index contributed by atoms with van der Waals surface area (Å²) in [6, 6.07) is 9.96. The van der Waals surface area contributed by atoms with E-state index in [-0.39, 0.29) is 52.4 Å². The lowest BCUT2D eigenvalue weighted by Gasteiger charge is -2.14. The molecule has 0 radical (unpaired) electrons. The first-order chi connectivity index (χ1) is 16.6. The van der Waals surface area contributed by atoms with Gasteiger partial charge in [0.05, 0.1) is 28.1 Å². The molecule has 0 unspecified atom stereocenters. The van der Waals surface area contributed by atoms with Gasteiger partial charge >= 0.3 is 12.1 Å². The van der Waals surface area contributed by atoms with Crippen LogP contribution in [0.25, 0.3) is 10.9 Å². The van der Waals surface area contributed by atoms with Crippen LogP contribution in [0.4, 0.5) is 24.7 Å². The first kappa shape index (κ1) is 24.4. The molecule has 0 bridgehead atoms. The Kier molecular flexibility index (Phi) is 6.90. The van der Waals surface area contributed by atoms with Gasteiger partial charge in [0.25, 0.3) is 0 Å². The highest BCUT2D eigenvalue weighted by Gasteiger charge is 2.33. The maximum atomic E-state index is 13.2. The molecule has 0 aliphatic rings. The molecule has 4 rings (SSSR count). The van der Waals surface area contributed by atoms with Crippen molar-refractivity contribution in [3.8, 4) is 0 Å². The summed E-state index contributed by atoms with van der Waals surface area (Å²) in [5, 5.41) is 17.0. The number of alkyl halides is 3. The third-order valence-corrected chi connectivity index (χ3v) is 6.17. The van der Waals surface area contributed by atoms with Crippen LogP contribution >= 0.6 is 22.9 Å². The van der Waals surface area contributed by atoms with E-state index in [2.05, 4.69) is 20.6 Å². The van der Waals surface area contributed by atoms with Crippen LogP contribution in [0.15, 0.2) is 54.2 Å². The fourth-order valence-corrected chi connectivity index (χ4v) is 4.33. The van der Waals surface area contributed by atoms with Gasteiger partial charge in [-0.15, -0.1) is 11.3 Å². The van der Waals surface area contributed by atoms with Crippen LogP contribution < -0.4 is 10.6 Å². The maximum absolute atomic E-state index is 13.2. The maximum Gasteiger partial charge on any atom is 0.417 e. The number of benzene rings is 2. The highest BCUT2D eigenvalue weighted by molar-refractivity contribution is 7.10. The highest BCUT2D eigenvalue weighted by Crippen LogP contribution is 2.35. The number of amides is 1. The zero-order valence-electron chi connectivity index (χ0n) is 17.7. The van der Waals surface area contributed by atoms with E-state index < -0.39 is 22.7 Å². The number of halogens is 4. The van der Waals surface area contributed by atoms with Gasteiger partial charge in [-0.3, -0.25) is 4.79 Å². The predicted octanol–water partition coefficient (Wildman–Crippen LogP) is 5.86. The molecule has 0 atom stereocenters. The molecule has 4 aromatic rings. The molecule has 2 aromatic carbocycles. The van der Waals surface area contributed by atoms with Crippen molar-refractivity contribution in [1.29, 1.82) is 0 Å². The molecule has 2 aromatic heterocycles. The van der Waals surface area contributed by atoms with E-state index in [1.54, 1.807) is 0 Å².